The number of hydrogen-bond acceptors (Lipinski definition) is 2. The van der Waals surface area contributed by atoms with E-state index < -0.39 is 0 Å². The number of hydrogen-bond donors (Lipinski definition) is 1. The number of unbranched alkanes of at least 4 members (excludes halogenated alkanes) is 4. The van der Waals surface area contributed by atoms with E-state index in [0.717, 1.165) is 56.1 Å². The molecule has 1 amide bonds. The number of benzene rings is 1. The lowest BCUT2D eigenvalue weighted by molar-refractivity contribution is 0.0750. The second-order valence-electron chi connectivity index (χ2n) is 5.44. The van der Waals surface area contributed by atoms with E-state index in [0.29, 0.717) is 11.3 Å². The SMILES string of the molecule is CCCCCN(CCCCC)C(=O)c1ccc(Br)cc1N. The minimum atomic E-state index is 0.0622. The van der Waals surface area contributed by atoms with Gasteiger partial charge in [0, 0.05) is 23.2 Å². The van der Waals surface area contributed by atoms with Crippen molar-refractivity contribution in [1.82, 2.24) is 4.90 Å². The van der Waals surface area contributed by atoms with Crippen LogP contribution >= 0.6 is 15.9 Å². The summed E-state index contributed by atoms with van der Waals surface area (Å²) in [5.41, 5.74) is 7.16. The standard InChI is InChI=1S/C17H27BrN2O/c1-3-5-7-11-20(12-8-6-4-2)17(21)15-10-9-14(18)13-16(15)19/h9-10,13H,3-8,11-12,19H2,1-2H3. The van der Waals surface area contributed by atoms with E-state index in [2.05, 4.69) is 29.8 Å². The van der Waals surface area contributed by atoms with Crippen molar-refractivity contribution in [3.8, 4) is 0 Å². The van der Waals surface area contributed by atoms with Gasteiger partial charge in [0.2, 0.25) is 0 Å². The van der Waals surface area contributed by atoms with Crippen LogP contribution in [0.5, 0.6) is 0 Å². The molecule has 4 heteroatoms. The summed E-state index contributed by atoms with van der Waals surface area (Å²) in [6.45, 7) is 6.00. The summed E-state index contributed by atoms with van der Waals surface area (Å²) in [5.74, 6) is 0.0622. The summed E-state index contributed by atoms with van der Waals surface area (Å²) < 4.78 is 0.903. The lowest BCUT2D eigenvalue weighted by Crippen LogP contribution is -2.33. The molecule has 0 bridgehead atoms. The smallest absolute Gasteiger partial charge is 0.255 e. The average molecular weight is 355 g/mol. The van der Waals surface area contributed by atoms with Gasteiger partial charge in [-0.15, -0.1) is 0 Å². The molecule has 1 rings (SSSR count). The molecule has 0 aliphatic carbocycles. The number of rotatable bonds is 9. The largest absolute Gasteiger partial charge is 0.398 e. The number of amides is 1. The summed E-state index contributed by atoms with van der Waals surface area (Å²) in [6, 6.07) is 5.48. The minimum Gasteiger partial charge on any atom is -0.398 e. The van der Waals surface area contributed by atoms with E-state index in [1.165, 1.54) is 0 Å². The van der Waals surface area contributed by atoms with Gasteiger partial charge in [-0.05, 0) is 31.0 Å². The van der Waals surface area contributed by atoms with Crippen molar-refractivity contribution < 1.29 is 4.79 Å². The molecule has 0 unspecified atom stereocenters. The number of halogens is 1. The second-order valence-corrected chi connectivity index (χ2v) is 6.35. The number of anilines is 1. The quantitative estimate of drug-likeness (QED) is 0.508. The van der Waals surface area contributed by atoms with Gasteiger partial charge in [-0.3, -0.25) is 4.79 Å². The number of carbonyl (C=O) groups is 1. The molecule has 0 spiro atoms. The van der Waals surface area contributed by atoms with Crippen LogP contribution in [0.15, 0.2) is 22.7 Å². The average Bonchev–Trinajstić information content (AvgIpc) is 2.45. The maximum absolute atomic E-state index is 12.7. The second kappa shape index (κ2) is 9.82. The molecule has 3 nitrogen and oxygen atoms in total. The van der Waals surface area contributed by atoms with Gasteiger partial charge in [0.15, 0.2) is 0 Å². The van der Waals surface area contributed by atoms with Crippen LogP contribution in [0.3, 0.4) is 0 Å². The molecule has 0 saturated heterocycles. The van der Waals surface area contributed by atoms with Crippen molar-refractivity contribution >= 4 is 27.5 Å². The van der Waals surface area contributed by atoms with Crippen LogP contribution in [0, 0.1) is 0 Å². The third-order valence-electron chi connectivity index (χ3n) is 3.59. The Labute approximate surface area is 137 Å². The maximum atomic E-state index is 12.7. The Hall–Kier alpha value is -1.03. The molecule has 0 saturated carbocycles. The first-order valence-electron chi connectivity index (χ1n) is 7.94. The van der Waals surface area contributed by atoms with E-state index >= 15 is 0 Å². The Bertz CT molecular complexity index is 438. The zero-order valence-electron chi connectivity index (χ0n) is 13.2. The number of nitrogen functional groups attached to an aromatic ring is 1. The molecule has 1 aromatic carbocycles. The first-order chi connectivity index (χ1) is 10.1. The maximum Gasteiger partial charge on any atom is 0.255 e. The molecule has 0 aliphatic rings. The van der Waals surface area contributed by atoms with E-state index in [-0.39, 0.29) is 5.91 Å². The van der Waals surface area contributed by atoms with Crippen LogP contribution in [0.2, 0.25) is 0 Å². The summed E-state index contributed by atoms with van der Waals surface area (Å²) in [4.78, 5) is 14.7. The molecule has 1 aromatic rings. The van der Waals surface area contributed by atoms with E-state index in [9.17, 15) is 4.79 Å². The highest BCUT2D eigenvalue weighted by molar-refractivity contribution is 9.10. The minimum absolute atomic E-state index is 0.0622. The number of nitrogens with two attached hydrogens (primary N) is 1. The number of nitrogens with zero attached hydrogens (tertiary/aromatic N) is 1. The number of carbonyl (C=O) groups excluding carboxylic acids is 1. The highest BCUT2D eigenvalue weighted by Crippen LogP contribution is 2.20. The predicted octanol–water partition coefficient (Wildman–Crippen LogP) is 4.85. The first kappa shape index (κ1) is 18.0. The predicted molar refractivity (Wildman–Crippen MR) is 93.5 cm³/mol. The molecule has 0 atom stereocenters. The topological polar surface area (TPSA) is 46.3 Å². The van der Waals surface area contributed by atoms with E-state index in [4.69, 9.17) is 5.73 Å². The summed E-state index contributed by atoms with van der Waals surface area (Å²) in [5, 5.41) is 0. The first-order valence-corrected chi connectivity index (χ1v) is 8.73. The van der Waals surface area contributed by atoms with Crippen LogP contribution in [0.4, 0.5) is 5.69 Å². The Kier molecular flexibility index (Phi) is 8.43. The lowest BCUT2D eigenvalue weighted by atomic mass is 10.1. The summed E-state index contributed by atoms with van der Waals surface area (Å²) >= 11 is 3.38. The van der Waals surface area contributed by atoms with Gasteiger partial charge < -0.3 is 10.6 Å². The van der Waals surface area contributed by atoms with Gasteiger partial charge in [0.25, 0.3) is 5.91 Å². The third kappa shape index (κ3) is 6.08. The van der Waals surface area contributed by atoms with E-state index in [1.807, 2.05) is 17.0 Å². The summed E-state index contributed by atoms with van der Waals surface area (Å²) in [7, 11) is 0. The molecular formula is C17H27BrN2O. The van der Waals surface area contributed by atoms with Gasteiger partial charge in [0.1, 0.15) is 0 Å². The van der Waals surface area contributed by atoms with Crippen molar-refractivity contribution in [3.63, 3.8) is 0 Å². The van der Waals surface area contributed by atoms with Crippen LogP contribution < -0.4 is 5.73 Å². The zero-order chi connectivity index (χ0) is 15.7. The van der Waals surface area contributed by atoms with Gasteiger partial charge in [-0.1, -0.05) is 55.5 Å². The van der Waals surface area contributed by atoms with Crippen molar-refractivity contribution in [3.05, 3.63) is 28.2 Å². The monoisotopic (exact) mass is 354 g/mol. The van der Waals surface area contributed by atoms with Gasteiger partial charge in [-0.25, -0.2) is 0 Å². The van der Waals surface area contributed by atoms with Crippen molar-refractivity contribution in [1.29, 1.82) is 0 Å². The molecule has 21 heavy (non-hydrogen) atoms. The van der Waals surface area contributed by atoms with Crippen LogP contribution in [0.25, 0.3) is 0 Å². The van der Waals surface area contributed by atoms with Gasteiger partial charge in [-0.2, -0.15) is 0 Å². The van der Waals surface area contributed by atoms with Crippen LogP contribution in [0.1, 0.15) is 62.7 Å². The fourth-order valence-corrected chi connectivity index (χ4v) is 2.70. The van der Waals surface area contributed by atoms with Gasteiger partial charge in [0.05, 0.1) is 5.56 Å². The molecule has 0 heterocycles. The fraction of sp³-hybridized carbons (Fsp3) is 0.588. The Morgan fingerprint density at radius 3 is 2.14 bits per heavy atom. The fourth-order valence-electron chi connectivity index (χ4n) is 2.32. The zero-order valence-corrected chi connectivity index (χ0v) is 14.8. The van der Waals surface area contributed by atoms with E-state index in [1.54, 1.807) is 6.07 Å². The normalized spacial score (nSPS) is 10.6. The van der Waals surface area contributed by atoms with Crippen LogP contribution in [-0.2, 0) is 0 Å². The summed E-state index contributed by atoms with van der Waals surface area (Å²) in [6.07, 6.45) is 6.77. The highest BCUT2D eigenvalue weighted by atomic mass is 79.9. The van der Waals surface area contributed by atoms with Gasteiger partial charge >= 0.3 is 0 Å². The molecule has 0 fully saturated rings. The lowest BCUT2D eigenvalue weighted by Gasteiger charge is -2.23. The Morgan fingerprint density at radius 2 is 1.67 bits per heavy atom. The molecule has 118 valence electrons. The molecule has 0 radical (unpaired) electrons. The molecule has 0 aromatic heterocycles. The molecule has 2 N–H and O–H groups in total. The highest BCUT2D eigenvalue weighted by Gasteiger charge is 2.17. The molecule has 0 aliphatic heterocycles. The van der Waals surface area contributed by atoms with Crippen molar-refractivity contribution in [2.75, 3.05) is 18.8 Å². The van der Waals surface area contributed by atoms with Crippen molar-refractivity contribution in [2.24, 2.45) is 0 Å². The van der Waals surface area contributed by atoms with Crippen LogP contribution in [-0.4, -0.2) is 23.9 Å². The molecular weight excluding hydrogens is 328 g/mol. The Balaban J connectivity index is 2.76. The van der Waals surface area contributed by atoms with Crippen molar-refractivity contribution in [2.45, 2.75) is 52.4 Å². The Morgan fingerprint density at radius 1 is 1.10 bits per heavy atom. The third-order valence-corrected chi connectivity index (χ3v) is 4.09.